The van der Waals surface area contributed by atoms with Crippen molar-refractivity contribution in [3.05, 3.63) is 193 Å². The fraction of sp³-hybridized carbons (Fsp3) is 0.0556. The largest absolute Gasteiger partial charge is 0.309 e. The van der Waals surface area contributed by atoms with Gasteiger partial charge in [0.2, 0.25) is 0 Å². The van der Waals surface area contributed by atoms with Gasteiger partial charge in [0.15, 0.2) is 17.5 Å². The van der Waals surface area contributed by atoms with Gasteiger partial charge in [0, 0.05) is 58.7 Å². The Balaban J connectivity index is 1.06. The molecule has 0 radical (unpaired) electrons. The fourth-order valence-electron chi connectivity index (χ4n) is 9.52. The molecular formula is C54H36N4S. The normalized spacial score (nSPS) is 13.1. The predicted octanol–water partition coefficient (Wildman–Crippen LogP) is 14.3. The van der Waals surface area contributed by atoms with Crippen molar-refractivity contribution in [1.29, 1.82) is 0 Å². The summed E-state index contributed by atoms with van der Waals surface area (Å²) in [6, 6.07) is 65.2. The van der Waals surface area contributed by atoms with Gasteiger partial charge in [-0.15, -0.1) is 11.3 Å². The van der Waals surface area contributed by atoms with Crippen LogP contribution in [-0.4, -0.2) is 19.5 Å². The van der Waals surface area contributed by atoms with Crippen molar-refractivity contribution in [2.75, 3.05) is 0 Å². The molecule has 0 amide bonds. The maximum absolute atomic E-state index is 5.41. The molecule has 0 spiro atoms. The lowest BCUT2D eigenvalue weighted by Gasteiger charge is -2.21. The topological polar surface area (TPSA) is 43.6 Å². The molecule has 278 valence electrons. The Morgan fingerprint density at radius 1 is 0.407 bits per heavy atom. The molecule has 1 aliphatic rings. The van der Waals surface area contributed by atoms with E-state index in [1.54, 1.807) is 11.3 Å². The van der Waals surface area contributed by atoms with Gasteiger partial charge in [0.1, 0.15) is 0 Å². The first-order chi connectivity index (χ1) is 29.0. The van der Waals surface area contributed by atoms with E-state index in [4.69, 9.17) is 15.0 Å². The third-order valence-corrected chi connectivity index (χ3v) is 13.5. The van der Waals surface area contributed by atoms with E-state index < -0.39 is 0 Å². The number of thiophene rings is 1. The summed E-state index contributed by atoms with van der Waals surface area (Å²) in [4.78, 5) is 16.2. The second kappa shape index (κ2) is 12.9. The molecule has 0 atom stereocenters. The smallest absolute Gasteiger partial charge is 0.165 e. The summed E-state index contributed by atoms with van der Waals surface area (Å²) in [6.07, 6.45) is 0. The summed E-state index contributed by atoms with van der Waals surface area (Å²) in [7, 11) is 0. The summed E-state index contributed by atoms with van der Waals surface area (Å²) in [5.74, 6) is 1.99. The van der Waals surface area contributed by atoms with Crippen molar-refractivity contribution in [2.45, 2.75) is 19.3 Å². The Bertz CT molecular complexity index is 3430. The van der Waals surface area contributed by atoms with E-state index in [9.17, 15) is 0 Å². The number of aromatic nitrogens is 4. The van der Waals surface area contributed by atoms with Crippen LogP contribution in [0, 0.1) is 0 Å². The molecule has 0 unspecified atom stereocenters. The Morgan fingerprint density at radius 3 is 1.66 bits per heavy atom. The minimum atomic E-state index is -0.152. The molecule has 4 nitrogen and oxygen atoms in total. The van der Waals surface area contributed by atoms with Crippen LogP contribution in [0.4, 0.5) is 0 Å². The standard InChI is InChI=1S/C54H36N4S/c1-54(2)44-24-9-5-20-41(44)49-42(22-14-25-45(49)54)52-55-51(56-53(57-52)43-23-13-21-39-38-18-8-12-28-48(38)59-50(39)43)40-19-4-3-15-35(40)33-29-31-34(32-30-33)58-46-26-10-6-16-36(46)37-17-7-11-27-47(37)58/h3-32H,1-2H3. The average Bonchev–Trinajstić information content (AvgIpc) is 3.92. The first-order valence-corrected chi connectivity index (χ1v) is 20.9. The van der Waals surface area contributed by atoms with Gasteiger partial charge >= 0.3 is 0 Å². The SMILES string of the molecule is CC1(C)c2ccccc2-c2c(-c3nc(-c4ccccc4-c4ccc(-n5c6ccccc6c6ccccc65)cc4)nc(-c4cccc5c4sc4ccccc45)n3)cccc21. The van der Waals surface area contributed by atoms with Crippen LogP contribution in [0.25, 0.3) is 104 Å². The van der Waals surface area contributed by atoms with Crippen LogP contribution in [-0.2, 0) is 5.41 Å². The number of nitrogens with zero attached hydrogens (tertiary/aromatic N) is 4. The fourth-order valence-corrected chi connectivity index (χ4v) is 10.7. The molecule has 59 heavy (non-hydrogen) atoms. The zero-order valence-electron chi connectivity index (χ0n) is 32.5. The Labute approximate surface area is 345 Å². The van der Waals surface area contributed by atoms with Gasteiger partial charge in [-0.05, 0) is 69.8 Å². The van der Waals surface area contributed by atoms with E-state index in [0.29, 0.717) is 17.5 Å². The number of rotatable bonds is 5. The lowest BCUT2D eigenvalue weighted by Crippen LogP contribution is -2.14. The second-order valence-corrected chi connectivity index (χ2v) is 17.0. The number of hydrogen-bond donors (Lipinski definition) is 0. The summed E-state index contributed by atoms with van der Waals surface area (Å²) < 4.78 is 4.78. The van der Waals surface area contributed by atoms with Gasteiger partial charge in [0.25, 0.3) is 0 Å². The molecule has 0 aliphatic heterocycles. The van der Waals surface area contributed by atoms with Crippen molar-refractivity contribution in [2.24, 2.45) is 0 Å². The Kier molecular flexibility index (Phi) is 7.41. The molecule has 0 fully saturated rings. The number of fused-ring (bicyclic) bond motifs is 9. The molecule has 12 rings (SSSR count). The quantitative estimate of drug-likeness (QED) is 0.175. The van der Waals surface area contributed by atoms with Gasteiger partial charge < -0.3 is 4.57 Å². The van der Waals surface area contributed by atoms with Gasteiger partial charge in [-0.3, -0.25) is 0 Å². The molecule has 0 saturated carbocycles. The van der Waals surface area contributed by atoms with Crippen LogP contribution < -0.4 is 0 Å². The molecular weight excluding hydrogens is 737 g/mol. The van der Waals surface area contributed by atoms with Crippen LogP contribution in [0.3, 0.4) is 0 Å². The average molecular weight is 773 g/mol. The van der Waals surface area contributed by atoms with E-state index in [1.165, 1.54) is 64.2 Å². The van der Waals surface area contributed by atoms with Crippen molar-refractivity contribution in [3.63, 3.8) is 0 Å². The first kappa shape index (κ1) is 33.9. The van der Waals surface area contributed by atoms with E-state index in [2.05, 4.69) is 200 Å². The molecule has 0 bridgehead atoms. The molecule has 5 heteroatoms. The van der Waals surface area contributed by atoms with Gasteiger partial charge in [0.05, 0.1) is 11.0 Å². The van der Waals surface area contributed by atoms with Crippen LogP contribution >= 0.6 is 11.3 Å². The zero-order valence-corrected chi connectivity index (χ0v) is 33.3. The lowest BCUT2D eigenvalue weighted by molar-refractivity contribution is 0.660. The molecule has 1 aliphatic carbocycles. The summed E-state index contributed by atoms with van der Waals surface area (Å²) in [6.45, 7) is 4.63. The van der Waals surface area contributed by atoms with Crippen LogP contribution in [0.1, 0.15) is 25.0 Å². The highest BCUT2D eigenvalue weighted by molar-refractivity contribution is 7.26. The minimum Gasteiger partial charge on any atom is -0.309 e. The van der Waals surface area contributed by atoms with Crippen molar-refractivity contribution < 1.29 is 0 Å². The van der Waals surface area contributed by atoms with Gasteiger partial charge in [-0.25, -0.2) is 15.0 Å². The van der Waals surface area contributed by atoms with Crippen molar-refractivity contribution >= 4 is 53.3 Å². The number of para-hydroxylation sites is 2. The molecule has 11 aromatic rings. The first-order valence-electron chi connectivity index (χ1n) is 20.1. The van der Waals surface area contributed by atoms with E-state index in [-0.39, 0.29) is 5.41 Å². The van der Waals surface area contributed by atoms with Gasteiger partial charge in [-0.1, -0.05) is 159 Å². The Morgan fingerprint density at radius 2 is 0.915 bits per heavy atom. The van der Waals surface area contributed by atoms with Crippen molar-refractivity contribution in [1.82, 2.24) is 19.5 Å². The highest BCUT2D eigenvalue weighted by atomic mass is 32.1. The summed E-state index contributed by atoms with van der Waals surface area (Å²) >= 11 is 1.80. The van der Waals surface area contributed by atoms with Crippen LogP contribution in [0.15, 0.2) is 182 Å². The van der Waals surface area contributed by atoms with E-state index in [1.807, 2.05) is 0 Å². The third kappa shape index (κ3) is 5.11. The maximum Gasteiger partial charge on any atom is 0.165 e. The van der Waals surface area contributed by atoms with E-state index >= 15 is 0 Å². The van der Waals surface area contributed by atoms with Gasteiger partial charge in [-0.2, -0.15) is 0 Å². The molecule has 0 N–H and O–H groups in total. The van der Waals surface area contributed by atoms with Crippen molar-refractivity contribution in [3.8, 4) is 62.1 Å². The third-order valence-electron chi connectivity index (χ3n) is 12.3. The highest BCUT2D eigenvalue weighted by Gasteiger charge is 2.37. The van der Waals surface area contributed by atoms with Crippen LogP contribution in [0.2, 0.25) is 0 Å². The second-order valence-electron chi connectivity index (χ2n) is 15.9. The van der Waals surface area contributed by atoms with E-state index in [0.717, 1.165) is 33.5 Å². The summed E-state index contributed by atoms with van der Waals surface area (Å²) in [5, 5.41) is 4.97. The maximum atomic E-state index is 5.41. The molecule has 0 saturated heterocycles. The number of benzene rings is 8. The van der Waals surface area contributed by atoms with Crippen LogP contribution in [0.5, 0.6) is 0 Å². The molecule has 3 aromatic heterocycles. The monoisotopic (exact) mass is 772 g/mol. The Hall–Kier alpha value is -7.21. The molecule has 3 heterocycles. The minimum absolute atomic E-state index is 0.152. The molecule has 8 aromatic carbocycles. The zero-order chi connectivity index (χ0) is 39.2. The highest BCUT2D eigenvalue weighted by Crippen LogP contribution is 2.52. The summed E-state index contributed by atoms with van der Waals surface area (Å²) in [5.41, 5.74) is 13.5. The predicted molar refractivity (Wildman–Crippen MR) is 246 cm³/mol. The number of hydrogen-bond acceptors (Lipinski definition) is 4. The lowest BCUT2D eigenvalue weighted by atomic mass is 9.82.